The first-order chi connectivity index (χ1) is 6.43. The highest BCUT2D eigenvalue weighted by Gasteiger charge is 2.14. The molecule has 0 bridgehead atoms. The molecule has 5 heteroatoms. The van der Waals surface area contributed by atoms with Gasteiger partial charge < -0.3 is 4.90 Å². The van der Waals surface area contributed by atoms with Crippen LogP contribution in [0, 0.1) is 11.6 Å². The van der Waals surface area contributed by atoms with Crippen LogP contribution in [0.2, 0.25) is 0 Å². The first-order valence-corrected chi connectivity index (χ1v) is 4.59. The number of hydrogen-bond donors (Lipinski definition) is 0. The van der Waals surface area contributed by atoms with E-state index >= 15 is 0 Å². The van der Waals surface area contributed by atoms with Crippen molar-refractivity contribution in [2.45, 2.75) is 0 Å². The molecule has 0 N–H and O–H groups in total. The van der Waals surface area contributed by atoms with E-state index in [4.69, 9.17) is 0 Å². The molecule has 0 aliphatic rings. The van der Waals surface area contributed by atoms with Gasteiger partial charge in [0.25, 0.3) is 5.91 Å². The molecule has 0 aliphatic carbocycles. The number of benzene rings is 1. The Bertz CT molecular complexity index is 356. The first-order valence-electron chi connectivity index (χ1n) is 3.79. The minimum atomic E-state index is -1.04. The number of nitrogens with zero attached hydrogens (tertiary/aromatic N) is 1. The van der Waals surface area contributed by atoms with Crippen LogP contribution in [0.4, 0.5) is 8.78 Å². The summed E-state index contributed by atoms with van der Waals surface area (Å²) in [5, 5.41) is 0. The Hall–Kier alpha value is -0.970. The van der Waals surface area contributed by atoms with Crippen molar-refractivity contribution in [3.63, 3.8) is 0 Å². The Morgan fingerprint density at radius 1 is 1.36 bits per heavy atom. The second-order valence-corrected chi connectivity index (χ2v) is 3.81. The summed E-state index contributed by atoms with van der Waals surface area (Å²) in [4.78, 5) is 12.7. The molecule has 0 aromatic heterocycles. The summed E-state index contributed by atoms with van der Waals surface area (Å²) in [6.07, 6.45) is 0. The third kappa shape index (κ3) is 2.09. The number of carbonyl (C=O) groups is 1. The summed E-state index contributed by atoms with van der Waals surface area (Å²) < 4.78 is 25.7. The molecule has 0 spiro atoms. The van der Waals surface area contributed by atoms with E-state index in [1.54, 1.807) is 0 Å². The standard InChI is InChI=1S/C9H8BrF2NO/c1-13(2)9(14)5-3-6(10)8(12)7(11)4-5/h3-4H,1-2H3. The molecule has 14 heavy (non-hydrogen) atoms. The van der Waals surface area contributed by atoms with Gasteiger partial charge in [0.15, 0.2) is 11.6 Å². The fraction of sp³-hybridized carbons (Fsp3) is 0.222. The number of hydrogen-bond acceptors (Lipinski definition) is 1. The van der Waals surface area contributed by atoms with Crippen molar-refractivity contribution >= 4 is 21.8 Å². The van der Waals surface area contributed by atoms with E-state index in [9.17, 15) is 13.6 Å². The fourth-order valence-electron chi connectivity index (χ4n) is 0.937. The lowest BCUT2D eigenvalue weighted by molar-refractivity contribution is 0.0827. The van der Waals surface area contributed by atoms with E-state index in [2.05, 4.69) is 15.9 Å². The van der Waals surface area contributed by atoms with Crippen molar-refractivity contribution < 1.29 is 13.6 Å². The summed E-state index contributed by atoms with van der Waals surface area (Å²) >= 11 is 2.83. The molecule has 0 saturated carbocycles. The van der Waals surface area contributed by atoms with Crippen LogP contribution in [-0.2, 0) is 0 Å². The SMILES string of the molecule is CN(C)C(=O)c1cc(F)c(F)c(Br)c1. The number of carbonyl (C=O) groups excluding carboxylic acids is 1. The predicted octanol–water partition coefficient (Wildman–Crippen LogP) is 2.43. The van der Waals surface area contributed by atoms with Crippen LogP contribution in [0.15, 0.2) is 16.6 Å². The van der Waals surface area contributed by atoms with Crippen LogP contribution in [0.3, 0.4) is 0 Å². The molecule has 0 atom stereocenters. The van der Waals surface area contributed by atoms with Crippen molar-refractivity contribution in [1.29, 1.82) is 0 Å². The lowest BCUT2D eigenvalue weighted by atomic mass is 10.2. The van der Waals surface area contributed by atoms with Gasteiger partial charge in [-0.15, -0.1) is 0 Å². The molecule has 1 rings (SSSR count). The summed E-state index contributed by atoms with van der Waals surface area (Å²) in [5.74, 6) is -2.39. The summed E-state index contributed by atoms with van der Waals surface area (Å²) in [6.45, 7) is 0. The molecule has 0 heterocycles. The monoisotopic (exact) mass is 263 g/mol. The van der Waals surface area contributed by atoms with Crippen molar-refractivity contribution in [1.82, 2.24) is 4.90 Å². The van der Waals surface area contributed by atoms with Crippen molar-refractivity contribution in [3.05, 3.63) is 33.8 Å². The Morgan fingerprint density at radius 3 is 2.36 bits per heavy atom. The number of amides is 1. The van der Waals surface area contributed by atoms with E-state index in [1.165, 1.54) is 25.1 Å². The molecule has 0 radical (unpaired) electrons. The average molecular weight is 264 g/mol. The van der Waals surface area contributed by atoms with Gasteiger partial charge in [-0.1, -0.05) is 0 Å². The molecule has 0 fully saturated rings. The summed E-state index contributed by atoms with van der Waals surface area (Å²) in [5.41, 5.74) is 0.112. The fourth-order valence-corrected chi connectivity index (χ4v) is 1.37. The normalized spacial score (nSPS) is 10.1. The van der Waals surface area contributed by atoms with Gasteiger partial charge >= 0.3 is 0 Å². The number of halogens is 3. The topological polar surface area (TPSA) is 20.3 Å². The van der Waals surface area contributed by atoms with Crippen LogP contribution in [0.25, 0.3) is 0 Å². The van der Waals surface area contributed by atoms with Gasteiger partial charge in [0, 0.05) is 19.7 Å². The molecule has 0 unspecified atom stereocenters. The second-order valence-electron chi connectivity index (χ2n) is 2.95. The highest BCUT2D eigenvalue weighted by molar-refractivity contribution is 9.10. The van der Waals surface area contributed by atoms with E-state index in [-0.39, 0.29) is 15.9 Å². The van der Waals surface area contributed by atoms with Crippen LogP contribution in [0.1, 0.15) is 10.4 Å². The van der Waals surface area contributed by atoms with Crippen molar-refractivity contribution in [2.24, 2.45) is 0 Å². The molecular formula is C9H8BrF2NO. The predicted molar refractivity (Wildman–Crippen MR) is 52.1 cm³/mol. The zero-order valence-corrected chi connectivity index (χ0v) is 9.23. The summed E-state index contributed by atoms with van der Waals surface area (Å²) in [7, 11) is 3.08. The van der Waals surface area contributed by atoms with Gasteiger partial charge in [0.2, 0.25) is 0 Å². The van der Waals surface area contributed by atoms with Crippen LogP contribution in [0.5, 0.6) is 0 Å². The zero-order chi connectivity index (χ0) is 10.9. The van der Waals surface area contributed by atoms with E-state index in [1.807, 2.05) is 0 Å². The largest absolute Gasteiger partial charge is 0.345 e. The maximum absolute atomic E-state index is 12.9. The third-order valence-electron chi connectivity index (χ3n) is 1.64. The Kier molecular flexibility index (Phi) is 3.21. The second kappa shape index (κ2) is 4.04. The average Bonchev–Trinajstić information content (AvgIpc) is 2.12. The molecule has 0 saturated heterocycles. The quantitative estimate of drug-likeness (QED) is 0.713. The van der Waals surface area contributed by atoms with Gasteiger partial charge in [0.05, 0.1) is 4.47 Å². The zero-order valence-electron chi connectivity index (χ0n) is 7.64. The van der Waals surface area contributed by atoms with E-state index in [0.717, 1.165) is 6.07 Å². The third-order valence-corrected chi connectivity index (χ3v) is 2.21. The summed E-state index contributed by atoms with van der Waals surface area (Å²) in [6, 6.07) is 2.13. The van der Waals surface area contributed by atoms with Gasteiger partial charge in [-0.2, -0.15) is 0 Å². The lowest BCUT2D eigenvalue weighted by Crippen LogP contribution is -2.21. The van der Waals surface area contributed by atoms with E-state index < -0.39 is 11.6 Å². The van der Waals surface area contributed by atoms with Crippen molar-refractivity contribution in [3.8, 4) is 0 Å². The van der Waals surface area contributed by atoms with Crippen molar-refractivity contribution in [2.75, 3.05) is 14.1 Å². The molecule has 2 nitrogen and oxygen atoms in total. The maximum Gasteiger partial charge on any atom is 0.253 e. The Morgan fingerprint density at radius 2 is 1.93 bits per heavy atom. The molecule has 1 aromatic rings. The highest BCUT2D eigenvalue weighted by Crippen LogP contribution is 2.20. The van der Waals surface area contributed by atoms with Gasteiger partial charge in [-0.05, 0) is 28.1 Å². The van der Waals surface area contributed by atoms with Crippen LogP contribution >= 0.6 is 15.9 Å². The van der Waals surface area contributed by atoms with E-state index in [0.29, 0.717) is 0 Å². The molecule has 0 aliphatic heterocycles. The van der Waals surface area contributed by atoms with Crippen LogP contribution in [-0.4, -0.2) is 24.9 Å². The highest BCUT2D eigenvalue weighted by atomic mass is 79.9. The maximum atomic E-state index is 12.9. The Labute approximate surface area is 88.6 Å². The van der Waals surface area contributed by atoms with Gasteiger partial charge in [-0.25, -0.2) is 8.78 Å². The molecular weight excluding hydrogens is 256 g/mol. The van der Waals surface area contributed by atoms with Crippen LogP contribution < -0.4 is 0 Å². The minimum absolute atomic E-state index is 0.0531. The van der Waals surface area contributed by atoms with Gasteiger partial charge in [0.1, 0.15) is 0 Å². The first kappa shape index (κ1) is 11.1. The van der Waals surface area contributed by atoms with Gasteiger partial charge in [-0.3, -0.25) is 4.79 Å². The molecule has 1 aromatic carbocycles. The molecule has 76 valence electrons. The smallest absolute Gasteiger partial charge is 0.253 e. The lowest BCUT2D eigenvalue weighted by Gasteiger charge is -2.10. The molecule has 1 amide bonds. The Balaban J connectivity index is 3.19. The number of rotatable bonds is 1. The minimum Gasteiger partial charge on any atom is -0.345 e.